The summed E-state index contributed by atoms with van der Waals surface area (Å²) in [6.45, 7) is 4.20. The second-order valence-corrected chi connectivity index (χ2v) is 4.95. The second kappa shape index (κ2) is 6.95. The molecule has 0 heterocycles. The molecule has 1 rings (SSSR count). The van der Waals surface area contributed by atoms with E-state index < -0.39 is 22.3 Å². The molecular formula is C13H18FN3O3. The molecule has 0 aliphatic heterocycles. The number of carbonyl (C=O) groups excluding carboxylic acids is 1. The number of nitrogens with two attached hydrogens (primary N) is 1. The van der Waals surface area contributed by atoms with Crippen LogP contribution in [0, 0.1) is 21.8 Å². The molecule has 20 heavy (non-hydrogen) atoms. The Labute approximate surface area is 116 Å². The molecule has 0 spiro atoms. The van der Waals surface area contributed by atoms with Crippen LogP contribution in [0.3, 0.4) is 0 Å². The van der Waals surface area contributed by atoms with Crippen LogP contribution >= 0.6 is 0 Å². The Balaban J connectivity index is 2.94. The molecule has 0 bridgehead atoms. The molecule has 1 aromatic rings. The van der Waals surface area contributed by atoms with E-state index in [0.29, 0.717) is 12.3 Å². The van der Waals surface area contributed by atoms with Crippen molar-refractivity contribution in [1.29, 1.82) is 0 Å². The molecule has 0 saturated carbocycles. The first-order chi connectivity index (χ1) is 9.35. The van der Waals surface area contributed by atoms with Crippen LogP contribution in [0.2, 0.25) is 0 Å². The molecule has 7 heteroatoms. The molecule has 0 aliphatic carbocycles. The number of halogens is 1. The van der Waals surface area contributed by atoms with Gasteiger partial charge in [-0.05, 0) is 24.5 Å². The number of benzene rings is 1. The van der Waals surface area contributed by atoms with Crippen LogP contribution in [0.1, 0.15) is 30.6 Å². The number of hydrogen-bond donors (Lipinski definition) is 2. The van der Waals surface area contributed by atoms with E-state index in [1.165, 1.54) is 0 Å². The number of amides is 1. The minimum atomic E-state index is -0.780. The summed E-state index contributed by atoms with van der Waals surface area (Å²) in [6, 6.07) is 2.58. The molecule has 0 aromatic heterocycles. The van der Waals surface area contributed by atoms with Crippen LogP contribution in [0.25, 0.3) is 0 Å². The zero-order valence-electron chi connectivity index (χ0n) is 11.4. The number of hydrogen-bond acceptors (Lipinski definition) is 4. The van der Waals surface area contributed by atoms with Crippen molar-refractivity contribution in [1.82, 2.24) is 5.32 Å². The Morgan fingerprint density at radius 3 is 2.65 bits per heavy atom. The standard InChI is InChI=1S/C13H18FN3O3/c1-8(2)5-10(7-15)16-13(18)11-4-3-9(14)6-12(11)17(19)20/h3-4,6,8,10H,5,7,15H2,1-2H3,(H,16,18). The number of rotatable bonds is 6. The molecule has 1 aromatic carbocycles. The highest BCUT2D eigenvalue weighted by Crippen LogP contribution is 2.20. The van der Waals surface area contributed by atoms with Crippen molar-refractivity contribution < 1.29 is 14.1 Å². The van der Waals surface area contributed by atoms with Crippen LogP contribution in [0.15, 0.2) is 18.2 Å². The third kappa shape index (κ3) is 4.27. The van der Waals surface area contributed by atoms with E-state index in [1.807, 2.05) is 13.8 Å². The molecule has 1 unspecified atom stereocenters. The summed E-state index contributed by atoms with van der Waals surface area (Å²) in [5.74, 6) is -1.05. The van der Waals surface area contributed by atoms with E-state index in [0.717, 1.165) is 18.2 Å². The summed E-state index contributed by atoms with van der Waals surface area (Å²) in [4.78, 5) is 22.1. The summed E-state index contributed by atoms with van der Waals surface area (Å²) in [6.07, 6.45) is 0.664. The van der Waals surface area contributed by atoms with Crippen molar-refractivity contribution >= 4 is 11.6 Å². The lowest BCUT2D eigenvalue weighted by Crippen LogP contribution is -2.41. The van der Waals surface area contributed by atoms with E-state index in [9.17, 15) is 19.3 Å². The molecule has 6 nitrogen and oxygen atoms in total. The van der Waals surface area contributed by atoms with Crippen LogP contribution in [-0.4, -0.2) is 23.4 Å². The number of nitrogens with one attached hydrogen (secondary N) is 1. The van der Waals surface area contributed by atoms with Crippen molar-refractivity contribution in [3.8, 4) is 0 Å². The average molecular weight is 283 g/mol. The van der Waals surface area contributed by atoms with Crippen molar-refractivity contribution in [3.05, 3.63) is 39.7 Å². The third-order valence-corrected chi connectivity index (χ3v) is 2.78. The van der Waals surface area contributed by atoms with Gasteiger partial charge in [0, 0.05) is 12.6 Å². The minimum Gasteiger partial charge on any atom is -0.348 e. The maximum Gasteiger partial charge on any atom is 0.285 e. The maximum absolute atomic E-state index is 13.0. The fourth-order valence-electron chi connectivity index (χ4n) is 1.89. The van der Waals surface area contributed by atoms with Crippen molar-refractivity contribution in [2.24, 2.45) is 11.7 Å². The highest BCUT2D eigenvalue weighted by atomic mass is 19.1. The normalized spacial score (nSPS) is 12.2. The second-order valence-electron chi connectivity index (χ2n) is 4.95. The molecule has 1 atom stereocenters. The molecule has 1 amide bonds. The lowest BCUT2D eigenvalue weighted by atomic mass is 10.0. The lowest BCUT2D eigenvalue weighted by molar-refractivity contribution is -0.385. The number of nitro benzene ring substituents is 1. The Morgan fingerprint density at radius 1 is 1.50 bits per heavy atom. The summed E-state index contributed by atoms with van der Waals surface area (Å²) in [5.41, 5.74) is 4.84. The summed E-state index contributed by atoms with van der Waals surface area (Å²) in [7, 11) is 0. The largest absolute Gasteiger partial charge is 0.348 e. The summed E-state index contributed by atoms with van der Waals surface area (Å²) < 4.78 is 13.0. The SMILES string of the molecule is CC(C)CC(CN)NC(=O)c1ccc(F)cc1[N+](=O)[O-]. The Morgan fingerprint density at radius 2 is 2.15 bits per heavy atom. The fourth-order valence-corrected chi connectivity index (χ4v) is 1.89. The van der Waals surface area contributed by atoms with Gasteiger partial charge in [0.1, 0.15) is 11.4 Å². The Bertz CT molecular complexity index is 506. The van der Waals surface area contributed by atoms with Gasteiger partial charge in [0.2, 0.25) is 0 Å². The van der Waals surface area contributed by atoms with Crippen LogP contribution in [-0.2, 0) is 0 Å². The summed E-state index contributed by atoms with van der Waals surface area (Å²) >= 11 is 0. The van der Waals surface area contributed by atoms with Gasteiger partial charge in [-0.15, -0.1) is 0 Å². The Kier molecular flexibility index (Phi) is 5.57. The molecule has 0 saturated heterocycles. The highest BCUT2D eigenvalue weighted by Gasteiger charge is 2.23. The molecule has 0 aliphatic rings. The van der Waals surface area contributed by atoms with E-state index in [2.05, 4.69) is 5.32 Å². The predicted molar refractivity (Wildman–Crippen MR) is 72.8 cm³/mol. The van der Waals surface area contributed by atoms with Gasteiger partial charge < -0.3 is 11.1 Å². The zero-order valence-corrected chi connectivity index (χ0v) is 11.4. The molecule has 0 radical (unpaired) electrons. The topological polar surface area (TPSA) is 98.3 Å². The van der Waals surface area contributed by atoms with Crippen molar-refractivity contribution in [2.45, 2.75) is 26.3 Å². The third-order valence-electron chi connectivity index (χ3n) is 2.78. The fraction of sp³-hybridized carbons (Fsp3) is 0.462. The number of nitrogens with zero attached hydrogens (tertiary/aromatic N) is 1. The smallest absolute Gasteiger partial charge is 0.285 e. The minimum absolute atomic E-state index is 0.168. The Hall–Kier alpha value is -2.02. The van der Waals surface area contributed by atoms with Crippen LogP contribution < -0.4 is 11.1 Å². The molecule has 3 N–H and O–H groups in total. The van der Waals surface area contributed by atoms with Crippen molar-refractivity contribution in [3.63, 3.8) is 0 Å². The van der Waals surface area contributed by atoms with E-state index >= 15 is 0 Å². The zero-order chi connectivity index (χ0) is 15.3. The van der Waals surface area contributed by atoms with E-state index in [1.54, 1.807) is 0 Å². The van der Waals surface area contributed by atoms with Gasteiger partial charge in [-0.25, -0.2) is 4.39 Å². The van der Waals surface area contributed by atoms with Gasteiger partial charge in [0.15, 0.2) is 0 Å². The predicted octanol–water partition coefficient (Wildman–Crippen LogP) is 1.84. The van der Waals surface area contributed by atoms with E-state index in [4.69, 9.17) is 5.73 Å². The quantitative estimate of drug-likeness (QED) is 0.614. The molecular weight excluding hydrogens is 265 g/mol. The van der Waals surface area contributed by atoms with E-state index in [-0.39, 0.29) is 18.2 Å². The molecule has 0 fully saturated rings. The van der Waals surface area contributed by atoms with Gasteiger partial charge in [-0.1, -0.05) is 13.8 Å². The van der Waals surface area contributed by atoms with Crippen LogP contribution in [0.4, 0.5) is 10.1 Å². The van der Waals surface area contributed by atoms with Gasteiger partial charge >= 0.3 is 0 Å². The van der Waals surface area contributed by atoms with Gasteiger partial charge in [0.25, 0.3) is 11.6 Å². The highest BCUT2D eigenvalue weighted by molar-refractivity contribution is 5.98. The molecule has 110 valence electrons. The lowest BCUT2D eigenvalue weighted by Gasteiger charge is -2.18. The maximum atomic E-state index is 13.0. The first-order valence-electron chi connectivity index (χ1n) is 6.30. The average Bonchev–Trinajstić information content (AvgIpc) is 2.36. The van der Waals surface area contributed by atoms with Crippen molar-refractivity contribution in [2.75, 3.05) is 6.54 Å². The van der Waals surface area contributed by atoms with Gasteiger partial charge in [-0.3, -0.25) is 14.9 Å². The monoisotopic (exact) mass is 283 g/mol. The number of nitro groups is 1. The first-order valence-corrected chi connectivity index (χ1v) is 6.30. The summed E-state index contributed by atoms with van der Waals surface area (Å²) in [5, 5.41) is 13.5. The van der Waals surface area contributed by atoms with Crippen LogP contribution in [0.5, 0.6) is 0 Å². The first kappa shape index (κ1) is 16.0. The van der Waals surface area contributed by atoms with Gasteiger partial charge in [-0.2, -0.15) is 0 Å². The van der Waals surface area contributed by atoms with Gasteiger partial charge in [0.05, 0.1) is 11.0 Å². The number of carbonyl (C=O) groups is 1.